The first-order valence-electron chi connectivity index (χ1n) is 6.64. The van der Waals surface area contributed by atoms with E-state index in [0.717, 1.165) is 0 Å². The molecule has 1 N–H and O–H groups in total. The van der Waals surface area contributed by atoms with Crippen LogP contribution >= 0.6 is 23.2 Å². The van der Waals surface area contributed by atoms with E-state index >= 15 is 0 Å². The number of anilines is 1. The molecule has 1 aromatic heterocycles. The number of halogens is 2. The lowest BCUT2D eigenvalue weighted by Crippen LogP contribution is -2.15. The van der Waals surface area contributed by atoms with Gasteiger partial charge in [-0.25, -0.2) is 13.4 Å². The lowest BCUT2D eigenvalue weighted by Gasteiger charge is -2.08. The van der Waals surface area contributed by atoms with Gasteiger partial charge in [0.25, 0.3) is 0 Å². The average Bonchev–Trinajstić information content (AvgIpc) is 2.81. The summed E-state index contributed by atoms with van der Waals surface area (Å²) in [6.07, 6.45) is 0. The predicted molar refractivity (Wildman–Crippen MR) is 91.5 cm³/mol. The van der Waals surface area contributed by atoms with Gasteiger partial charge in [0.15, 0.2) is 11.5 Å². The summed E-state index contributed by atoms with van der Waals surface area (Å²) in [6.45, 7) is 1.73. The zero-order chi connectivity index (χ0) is 16.6. The molecule has 0 saturated carbocycles. The van der Waals surface area contributed by atoms with Gasteiger partial charge in [-0.15, -0.1) is 0 Å². The minimum Gasteiger partial charge on any atom is -0.441 e. The van der Waals surface area contributed by atoms with Crippen LogP contribution in [0.15, 0.2) is 40.8 Å². The van der Waals surface area contributed by atoms with Crippen molar-refractivity contribution in [3.8, 4) is 0 Å². The molecule has 5 nitrogen and oxygen atoms in total. The lowest BCUT2D eigenvalue weighted by atomic mass is 10.2. The van der Waals surface area contributed by atoms with Gasteiger partial charge in [-0.2, -0.15) is 0 Å². The van der Waals surface area contributed by atoms with Crippen molar-refractivity contribution in [3.63, 3.8) is 0 Å². The van der Waals surface area contributed by atoms with Crippen molar-refractivity contribution in [2.75, 3.05) is 4.72 Å². The molecule has 0 bridgehead atoms. The summed E-state index contributed by atoms with van der Waals surface area (Å²) in [4.78, 5) is 4.18. The minimum atomic E-state index is -3.59. The lowest BCUT2D eigenvalue weighted by molar-refractivity contribution is 0.561. The number of rotatable bonds is 4. The highest BCUT2D eigenvalue weighted by molar-refractivity contribution is 7.91. The standard InChI is InChI=1S/C15H12Cl2N2O3S/c1-9-18-14-7-11(3-5-15(14)22-9)19-23(20,21)8-10-2-4-12(16)13(17)6-10/h2-7,19H,8H2,1H3. The van der Waals surface area contributed by atoms with Crippen molar-refractivity contribution >= 4 is 50.0 Å². The number of aryl methyl sites for hydroxylation is 1. The number of oxazole rings is 1. The molecular formula is C15H12Cl2N2O3S. The number of fused-ring (bicyclic) bond motifs is 1. The number of hydrogen-bond donors (Lipinski definition) is 1. The molecular weight excluding hydrogens is 359 g/mol. The SMILES string of the molecule is Cc1nc2cc(NS(=O)(=O)Cc3ccc(Cl)c(Cl)c3)ccc2o1. The van der Waals surface area contributed by atoms with Crippen molar-refractivity contribution in [3.05, 3.63) is 57.9 Å². The van der Waals surface area contributed by atoms with Crippen LogP contribution in [0.25, 0.3) is 11.1 Å². The van der Waals surface area contributed by atoms with Gasteiger partial charge in [-0.05, 0) is 35.9 Å². The smallest absolute Gasteiger partial charge is 0.236 e. The van der Waals surface area contributed by atoms with E-state index in [1.54, 1.807) is 37.3 Å². The molecule has 0 amide bonds. The third-order valence-corrected chi connectivity index (χ3v) is 5.11. The van der Waals surface area contributed by atoms with Crippen LogP contribution in [0.1, 0.15) is 11.5 Å². The molecule has 120 valence electrons. The van der Waals surface area contributed by atoms with Crippen molar-refractivity contribution in [1.29, 1.82) is 0 Å². The van der Waals surface area contributed by atoms with Crippen molar-refractivity contribution < 1.29 is 12.8 Å². The van der Waals surface area contributed by atoms with Crippen molar-refractivity contribution in [2.45, 2.75) is 12.7 Å². The first-order chi connectivity index (χ1) is 10.8. The van der Waals surface area contributed by atoms with Gasteiger partial charge in [0.1, 0.15) is 5.52 Å². The van der Waals surface area contributed by atoms with E-state index in [2.05, 4.69) is 9.71 Å². The first-order valence-corrected chi connectivity index (χ1v) is 9.05. The van der Waals surface area contributed by atoms with Gasteiger partial charge in [0.05, 0.1) is 21.5 Å². The summed E-state index contributed by atoms with van der Waals surface area (Å²) in [5.74, 6) is 0.315. The summed E-state index contributed by atoms with van der Waals surface area (Å²) in [5, 5.41) is 0.700. The fraction of sp³-hybridized carbons (Fsp3) is 0.133. The Bertz CT molecular complexity index is 984. The van der Waals surface area contributed by atoms with Crippen LogP contribution in [0.2, 0.25) is 10.0 Å². The fourth-order valence-electron chi connectivity index (χ4n) is 2.17. The Labute approximate surface area is 143 Å². The number of benzene rings is 2. The third kappa shape index (κ3) is 3.77. The van der Waals surface area contributed by atoms with Crippen molar-refractivity contribution in [2.24, 2.45) is 0 Å². The Kier molecular flexibility index (Phi) is 4.23. The van der Waals surface area contributed by atoms with Crippen LogP contribution in [0.4, 0.5) is 5.69 Å². The molecule has 3 rings (SSSR count). The Hall–Kier alpha value is -1.76. The molecule has 8 heteroatoms. The van der Waals surface area contributed by atoms with Gasteiger partial charge in [0, 0.05) is 6.92 Å². The second-order valence-electron chi connectivity index (χ2n) is 5.02. The van der Waals surface area contributed by atoms with Crippen LogP contribution in [0.3, 0.4) is 0 Å². The van der Waals surface area contributed by atoms with Gasteiger partial charge in [-0.3, -0.25) is 4.72 Å². The molecule has 0 fully saturated rings. The maximum absolute atomic E-state index is 12.3. The molecule has 2 aromatic carbocycles. The molecule has 0 radical (unpaired) electrons. The fourth-order valence-corrected chi connectivity index (χ4v) is 3.67. The van der Waals surface area contributed by atoms with E-state index in [0.29, 0.717) is 38.3 Å². The zero-order valence-electron chi connectivity index (χ0n) is 12.0. The molecule has 1 heterocycles. The number of hydrogen-bond acceptors (Lipinski definition) is 4. The topological polar surface area (TPSA) is 72.2 Å². The Morgan fingerprint density at radius 2 is 1.91 bits per heavy atom. The molecule has 0 spiro atoms. The average molecular weight is 371 g/mol. The molecule has 0 aliphatic rings. The monoisotopic (exact) mass is 370 g/mol. The summed E-state index contributed by atoms with van der Waals surface area (Å²) >= 11 is 11.7. The maximum atomic E-state index is 12.3. The summed E-state index contributed by atoms with van der Waals surface area (Å²) in [6, 6.07) is 9.65. The van der Waals surface area contributed by atoms with E-state index in [4.69, 9.17) is 27.6 Å². The molecule has 3 aromatic rings. The van der Waals surface area contributed by atoms with Crippen LogP contribution in [0.5, 0.6) is 0 Å². The number of sulfonamides is 1. The second kappa shape index (κ2) is 6.03. The van der Waals surface area contributed by atoms with E-state index in [1.165, 1.54) is 6.07 Å². The predicted octanol–water partition coefficient (Wildman–Crippen LogP) is 4.38. The number of aromatic nitrogens is 1. The Morgan fingerprint density at radius 3 is 2.65 bits per heavy atom. The molecule has 0 unspecified atom stereocenters. The summed E-state index contributed by atoms with van der Waals surface area (Å²) in [7, 11) is -3.59. The van der Waals surface area contributed by atoms with Crippen LogP contribution in [0, 0.1) is 6.92 Å². The molecule has 23 heavy (non-hydrogen) atoms. The highest BCUT2D eigenvalue weighted by atomic mass is 35.5. The number of nitrogens with one attached hydrogen (secondary N) is 1. The van der Waals surface area contributed by atoms with Crippen molar-refractivity contribution in [1.82, 2.24) is 4.98 Å². The molecule has 0 aliphatic carbocycles. The van der Waals surface area contributed by atoms with Gasteiger partial charge < -0.3 is 4.42 Å². The van der Waals surface area contributed by atoms with Gasteiger partial charge >= 0.3 is 0 Å². The van der Waals surface area contributed by atoms with E-state index in [-0.39, 0.29) is 5.75 Å². The van der Waals surface area contributed by atoms with E-state index in [9.17, 15) is 8.42 Å². The third-order valence-electron chi connectivity index (χ3n) is 3.11. The van der Waals surface area contributed by atoms with E-state index in [1.807, 2.05) is 0 Å². The Balaban J connectivity index is 1.82. The normalized spacial score (nSPS) is 11.8. The quantitative estimate of drug-likeness (QED) is 0.739. The maximum Gasteiger partial charge on any atom is 0.236 e. The minimum absolute atomic E-state index is 0.209. The summed E-state index contributed by atoms with van der Waals surface area (Å²) < 4.78 is 32.4. The van der Waals surface area contributed by atoms with Gasteiger partial charge in [-0.1, -0.05) is 29.3 Å². The van der Waals surface area contributed by atoms with Gasteiger partial charge in [0.2, 0.25) is 10.0 Å². The molecule has 0 saturated heterocycles. The highest BCUT2D eigenvalue weighted by Crippen LogP contribution is 2.25. The number of nitrogens with zero attached hydrogens (tertiary/aromatic N) is 1. The van der Waals surface area contributed by atoms with E-state index < -0.39 is 10.0 Å². The largest absolute Gasteiger partial charge is 0.441 e. The molecule has 0 atom stereocenters. The van der Waals surface area contributed by atoms with Crippen LogP contribution in [-0.4, -0.2) is 13.4 Å². The highest BCUT2D eigenvalue weighted by Gasteiger charge is 2.14. The zero-order valence-corrected chi connectivity index (χ0v) is 14.3. The first kappa shape index (κ1) is 16.1. The van der Waals surface area contributed by atoms with Crippen LogP contribution in [-0.2, 0) is 15.8 Å². The second-order valence-corrected chi connectivity index (χ2v) is 7.56. The molecule has 0 aliphatic heterocycles. The Morgan fingerprint density at radius 1 is 1.13 bits per heavy atom. The summed E-state index contributed by atoms with van der Waals surface area (Å²) in [5.41, 5.74) is 2.17. The van der Waals surface area contributed by atoms with Crippen LogP contribution < -0.4 is 4.72 Å².